The van der Waals surface area contributed by atoms with Crippen LogP contribution in [0, 0.1) is 5.92 Å². The van der Waals surface area contributed by atoms with Gasteiger partial charge in [-0.2, -0.15) is 0 Å². The third-order valence-electron chi connectivity index (χ3n) is 2.61. The number of rotatable bonds is 7. The van der Waals surface area contributed by atoms with Gasteiger partial charge < -0.3 is 10.1 Å². The van der Waals surface area contributed by atoms with Gasteiger partial charge in [-0.15, -0.1) is 0 Å². The molecule has 0 aliphatic heterocycles. The third-order valence-corrected chi connectivity index (χ3v) is 2.61. The Morgan fingerprint density at radius 1 is 1.19 bits per heavy atom. The predicted octanol–water partition coefficient (Wildman–Crippen LogP) is 3.01. The van der Waals surface area contributed by atoms with Crippen molar-refractivity contribution in [3.05, 3.63) is 35.9 Å². The van der Waals surface area contributed by atoms with Crippen LogP contribution in [0.3, 0.4) is 0 Å². The predicted molar refractivity (Wildman–Crippen MR) is 68.5 cm³/mol. The second kappa shape index (κ2) is 7.42. The van der Waals surface area contributed by atoms with Gasteiger partial charge in [0.05, 0.1) is 6.61 Å². The fourth-order valence-electron chi connectivity index (χ4n) is 1.83. The molecule has 1 aromatic carbocycles. The maximum atomic E-state index is 5.07. The van der Waals surface area contributed by atoms with Crippen molar-refractivity contribution in [2.45, 2.75) is 26.3 Å². The van der Waals surface area contributed by atoms with E-state index in [1.54, 1.807) is 7.11 Å². The molecule has 0 spiro atoms. The second-order valence-corrected chi connectivity index (χ2v) is 4.54. The molecule has 0 amide bonds. The summed E-state index contributed by atoms with van der Waals surface area (Å²) in [7, 11) is 1.74. The number of benzene rings is 1. The van der Waals surface area contributed by atoms with E-state index in [0.29, 0.717) is 12.0 Å². The summed E-state index contributed by atoms with van der Waals surface area (Å²) in [5, 5.41) is 3.54. The molecule has 0 aliphatic rings. The zero-order valence-electron chi connectivity index (χ0n) is 10.6. The van der Waals surface area contributed by atoms with Gasteiger partial charge in [-0.05, 0) is 17.9 Å². The highest BCUT2D eigenvalue weighted by atomic mass is 16.5. The molecule has 0 saturated carbocycles. The van der Waals surface area contributed by atoms with Gasteiger partial charge in [0.1, 0.15) is 0 Å². The Balaban J connectivity index is 2.56. The smallest absolute Gasteiger partial charge is 0.0587 e. The van der Waals surface area contributed by atoms with Crippen molar-refractivity contribution in [2.75, 3.05) is 20.3 Å². The van der Waals surface area contributed by atoms with E-state index in [2.05, 4.69) is 49.5 Å². The van der Waals surface area contributed by atoms with Crippen LogP contribution in [0.25, 0.3) is 0 Å². The van der Waals surface area contributed by atoms with Gasteiger partial charge in [-0.3, -0.25) is 0 Å². The summed E-state index contributed by atoms with van der Waals surface area (Å²) in [5.41, 5.74) is 1.37. The topological polar surface area (TPSA) is 21.3 Å². The first-order valence-corrected chi connectivity index (χ1v) is 6.01. The molecule has 0 aromatic heterocycles. The molecule has 0 bridgehead atoms. The van der Waals surface area contributed by atoms with Crippen molar-refractivity contribution in [2.24, 2.45) is 5.92 Å². The van der Waals surface area contributed by atoms with E-state index in [9.17, 15) is 0 Å². The molecule has 1 atom stereocenters. The SMILES string of the molecule is COCCNC(CC(C)C)c1ccccc1. The van der Waals surface area contributed by atoms with Crippen molar-refractivity contribution in [1.82, 2.24) is 5.32 Å². The van der Waals surface area contributed by atoms with Crippen molar-refractivity contribution in [3.8, 4) is 0 Å². The molecule has 1 aromatic rings. The normalized spacial score (nSPS) is 13.0. The number of ether oxygens (including phenoxy) is 1. The molecular formula is C14H23NO. The minimum Gasteiger partial charge on any atom is -0.383 e. The number of methoxy groups -OCH3 is 1. The minimum atomic E-state index is 0.441. The largest absolute Gasteiger partial charge is 0.383 e. The van der Waals surface area contributed by atoms with E-state index >= 15 is 0 Å². The van der Waals surface area contributed by atoms with E-state index < -0.39 is 0 Å². The first kappa shape index (κ1) is 13.2. The average molecular weight is 221 g/mol. The first-order chi connectivity index (χ1) is 7.74. The monoisotopic (exact) mass is 221 g/mol. The Kier molecular flexibility index (Phi) is 6.12. The van der Waals surface area contributed by atoms with Crippen LogP contribution in [-0.4, -0.2) is 20.3 Å². The minimum absolute atomic E-state index is 0.441. The molecule has 0 heterocycles. The number of nitrogens with one attached hydrogen (secondary N) is 1. The Morgan fingerprint density at radius 2 is 1.88 bits per heavy atom. The molecular weight excluding hydrogens is 198 g/mol. The molecule has 1 rings (SSSR count). The highest BCUT2D eigenvalue weighted by Gasteiger charge is 2.11. The van der Waals surface area contributed by atoms with Gasteiger partial charge in [0.25, 0.3) is 0 Å². The molecule has 16 heavy (non-hydrogen) atoms. The van der Waals surface area contributed by atoms with Gasteiger partial charge >= 0.3 is 0 Å². The Bertz CT molecular complexity index is 271. The summed E-state index contributed by atoms with van der Waals surface area (Å²) in [6.07, 6.45) is 1.16. The van der Waals surface area contributed by atoms with Gasteiger partial charge in [-0.25, -0.2) is 0 Å². The van der Waals surface area contributed by atoms with Gasteiger partial charge in [0.15, 0.2) is 0 Å². The molecule has 0 fully saturated rings. The molecule has 1 N–H and O–H groups in total. The molecule has 90 valence electrons. The lowest BCUT2D eigenvalue weighted by molar-refractivity contribution is 0.194. The van der Waals surface area contributed by atoms with Gasteiger partial charge in [-0.1, -0.05) is 44.2 Å². The maximum Gasteiger partial charge on any atom is 0.0587 e. The van der Waals surface area contributed by atoms with Gasteiger partial charge in [0, 0.05) is 19.7 Å². The van der Waals surface area contributed by atoms with Crippen LogP contribution >= 0.6 is 0 Å². The molecule has 2 nitrogen and oxygen atoms in total. The fourth-order valence-corrected chi connectivity index (χ4v) is 1.83. The van der Waals surface area contributed by atoms with Crippen molar-refractivity contribution < 1.29 is 4.74 Å². The summed E-state index contributed by atoms with van der Waals surface area (Å²) in [4.78, 5) is 0. The zero-order valence-corrected chi connectivity index (χ0v) is 10.6. The molecule has 2 heteroatoms. The quantitative estimate of drug-likeness (QED) is 0.715. The molecule has 0 saturated heterocycles. The van der Waals surface area contributed by atoms with E-state index in [1.807, 2.05) is 0 Å². The Hall–Kier alpha value is -0.860. The zero-order chi connectivity index (χ0) is 11.8. The summed E-state index contributed by atoms with van der Waals surface area (Å²) in [6.45, 7) is 6.19. The first-order valence-electron chi connectivity index (χ1n) is 6.01. The van der Waals surface area contributed by atoms with Crippen LogP contribution in [0.5, 0.6) is 0 Å². The molecule has 0 radical (unpaired) electrons. The van der Waals surface area contributed by atoms with Crippen molar-refractivity contribution in [3.63, 3.8) is 0 Å². The maximum absolute atomic E-state index is 5.07. The van der Waals surface area contributed by atoms with E-state index in [0.717, 1.165) is 19.6 Å². The van der Waals surface area contributed by atoms with Crippen LogP contribution in [-0.2, 0) is 4.74 Å². The lowest BCUT2D eigenvalue weighted by atomic mass is 9.97. The van der Waals surface area contributed by atoms with Crippen LogP contribution < -0.4 is 5.32 Å². The van der Waals surface area contributed by atoms with Crippen molar-refractivity contribution >= 4 is 0 Å². The standard InChI is InChI=1S/C14H23NO/c1-12(2)11-14(15-9-10-16-3)13-7-5-4-6-8-13/h4-8,12,14-15H,9-11H2,1-3H3. The second-order valence-electron chi connectivity index (χ2n) is 4.54. The third kappa shape index (κ3) is 4.77. The molecule has 0 aliphatic carbocycles. The number of hydrogen-bond acceptors (Lipinski definition) is 2. The summed E-state index contributed by atoms with van der Waals surface area (Å²) < 4.78 is 5.07. The Morgan fingerprint density at radius 3 is 2.44 bits per heavy atom. The van der Waals surface area contributed by atoms with Crippen LogP contribution in [0.4, 0.5) is 0 Å². The van der Waals surface area contributed by atoms with Crippen molar-refractivity contribution in [1.29, 1.82) is 0 Å². The van der Waals surface area contributed by atoms with Gasteiger partial charge in [0.2, 0.25) is 0 Å². The van der Waals surface area contributed by atoms with Crippen LogP contribution in [0.15, 0.2) is 30.3 Å². The lowest BCUT2D eigenvalue weighted by Gasteiger charge is -2.21. The summed E-state index contributed by atoms with van der Waals surface area (Å²) >= 11 is 0. The summed E-state index contributed by atoms with van der Waals surface area (Å²) in [5.74, 6) is 0.695. The Labute approximate surface area is 99.0 Å². The highest BCUT2D eigenvalue weighted by molar-refractivity contribution is 5.18. The highest BCUT2D eigenvalue weighted by Crippen LogP contribution is 2.20. The summed E-state index contributed by atoms with van der Waals surface area (Å²) in [6, 6.07) is 11.1. The van der Waals surface area contributed by atoms with E-state index in [-0.39, 0.29) is 0 Å². The van der Waals surface area contributed by atoms with E-state index in [1.165, 1.54) is 5.56 Å². The van der Waals surface area contributed by atoms with Crippen LogP contribution in [0.2, 0.25) is 0 Å². The lowest BCUT2D eigenvalue weighted by Crippen LogP contribution is -2.26. The van der Waals surface area contributed by atoms with Crippen LogP contribution in [0.1, 0.15) is 31.9 Å². The molecule has 1 unspecified atom stereocenters. The number of hydrogen-bond donors (Lipinski definition) is 1. The van der Waals surface area contributed by atoms with E-state index in [4.69, 9.17) is 4.74 Å². The average Bonchev–Trinajstić information content (AvgIpc) is 2.29. The fraction of sp³-hybridized carbons (Fsp3) is 0.571.